The van der Waals surface area contributed by atoms with E-state index in [2.05, 4.69) is 174 Å². The van der Waals surface area contributed by atoms with E-state index >= 15 is 0 Å². The Kier molecular flexibility index (Phi) is 14.4. The fourth-order valence-corrected chi connectivity index (χ4v) is 14.5. The van der Waals surface area contributed by atoms with E-state index < -0.39 is 11.5 Å². The molecule has 98 heavy (non-hydrogen) atoms. The van der Waals surface area contributed by atoms with E-state index in [1.807, 2.05) is 138 Å². The van der Waals surface area contributed by atoms with Crippen molar-refractivity contribution in [1.29, 1.82) is 0 Å². The molecule has 19 rings (SSSR count). The molecular formula is C79H53F2N15O2. The van der Waals surface area contributed by atoms with Gasteiger partial charge in [-0.15, -0.1) is 30.6 Å². The molecule has 0 atom stereocenters. The van der Waals surface area contributed by atoms with E-state index in [1.54, 1.807) is 24.3 Å². The van der Waals surface area contributed by atoms with Crippen molar-refractivity contribution < 1.29 is 18.7 Å². The number of aromatic amines is 3. The Hall–Kier alpha value is -13.4. The number of nitrogens with zero attached hydrogens (tertiary/aromatic N) is 12. The first kappa shape index (κ1) is 58.4. The molecule has 0 fully saturated rings. The van der Waals surface area contributed by atoms with Crippen LogP contribution in [-0.2, 0) is 10.3 Å². The summed E-state index contributed by atoms with van der Waals surface area (Å²) in [7, 11) is 0. The highest BCUT2D eigenvalue weighted by Crippen LogP contribution is 2.49. The number of halogens is 2. The van der Waals surface area contributed by atoms with Crippen LogP contribution in [0.3, 0.4) is 0 Å². The first-order valence-corrected chi connectivity index (χ1v) is 31.6. The number of nitrogens with one attached hydrogen (secondary N) is 3. The minimum atomic E-state index is -1.49. The van der Waals surface area contributed by atoms with Crippen molar-refractivity contribution in [2.45, 2.75) is 17.6 Å². The van der Waals surface area contributed by atoms with Crippen LogP contribution in [0.1, 0.15) is 45.5 Å². The van der Waals surface area contributed by atoms with Crippen LogP contribution in [0.5, 0.6) is 0 Å². The first-order valence-electron chi connectivity index (χ1n) is 31.6. The maximum atomic E-state index is 13.8. The van der Waals surface area contributed by atoms with Crippen LogP contribution in [-0.4, -0.2) is 86.6 Å². The molecule has 6 heterocycles. The molecule has 0 saturated heterocycles. The monoisotopic (exact) mass is 1280 g/mol. The van der Waals surface area contributed by atoms with E-state index in [0.29, 0.717) is 28.6 Å². The maximum Gasteiger partial charge on any atom is 0.339 e. The number of carboxylic acids is 1. The van der Waals surface area contributed by atoms with Crippen molar-refractivity contribution in [2.24, 2.45) is 0 Å². The normalized spacial score (nSPS) is 12.1. The Bertz CT molecular complexity index is 5830. The summed E-state index contributed by atoms with van der Waals surface area (Å²) in [4.78, 5) is 13.4. The van der Waals surface area contributed by atoms with Gasteiger partial charge < -0.3 is 18.8 Å². The van der Waals surface area contributed by atoms with Gasteiger partial charge in [-0.1, -0.05) is 188 Å². The lowest BCUT2D eigenvalue weighted by molar-refractivity contribution is -0.143. The molecule has 0 aliphatic heterocycles. The van der Waals surface area contributed by atoms with Crippen molar-refractivity contribution >= 4 is 71.4 Å². The van der Waals surface area contributed by atoms with E-state index in [0.717, 1.165) is 71.4 Å². The fraction of sp³-hybridized carbons (Fsp3) is 0.0380. The van der Waals surface area contributed by atoms with Gasteiger partial charge in [-0.25, -0.2) is 13.6 Å². The molecule has 470 valence electrons. The number of fused-ring (bicyclic) bond motifs is 12. The number of para-hydroxylation sites is 3. The van der Waals surface area contributed by atoms with Crippen LogP contribution in [0.2, 0.25) is 0 Å². The van der Waals surface area contributed by atoms with Gasteiger partial charge in [-0.3, -0.25) is 0 Å². The second-order valence-corrected chi connectivity index (χ2v) is 23.9. The van der Waals surface area contributed by atoms with Gasteiger partial charge in [0.05, 0.1) is 34.2 Å². The zero-order chi connectivity index (χ0) is 65.8. The number of benzene rings is 12. The number of tetrazole rings is 3. The number of aliphatic carboxylic acids is 1. The van der Waals surface area contributed by atoms with Crippen LogP contribution >= 0.6 is 0 Å². The SMILES string of the molecule is Fc1ccc(C(c2ccc(F)cc2)n2c3ccccc3c3cc(-c4nn[nH]n4)ccc32)cc1.O=C(O)C(c1ccccc1)(c1ccccc1)n1c2ccccc2c2cc(-c3nn[nH]n3)ccc21.c1ccc2c(c1)-c1ccccc1C2n1c2ccccc2c2cc(-c3nn[nH]n3)ccc21. The highest BCUT2D eigenvalue weighted by molar-refractivity contribution is 6.13. The number of hydrogen-bond donors (Lipinski definition) is 4. The third-order valence-electron chi connectivity index (χ3n) is 18.6. The van der Waals surface area contributed by atoms with Gasteiger partial charge in [0, 0.05) is 60.0 Å². The second kappa shape index (κ2) is 24.2. The topological polar surface area (TPSA) is 215 Å². The standard InChI is InChI=1S/C27H19N5O2.C26H17F2N5.C26H17N5/c33-26(34)27(19-9-3-1-4-10-19,20-11-5-2-6-12-20)32-23-14-8-7-13-21(23)22-17-18(15-16-24(22)32)25-28-30-31-29-25;27-19-10-5-16(6-11-19)25(17-7-12-20(28)13-8-17)33-23-4-2-1-3-21(23)22-15-18(9-14-24(22)33)26-29-31-32-30-26;1-3-10-20-17(7-1)18-8-2-4-11-21(18)25(20)31-23-12-6-5-9-19(23)22-15-16(13-14-24(22)31)26-27-29-30-28-26/h1-17H,(H,33,34)(H,28,29,30,31);1-15,25H,(H,29,30,31,32);1-15,25H,(H,27,28,29,30). The van der Waals surface area contributed by atoms with Gasteiger partial charge >= 0.3 is 5.97 Å². The van der Waals surface area contributed by atoms with E-state index in [4.69, 9.17) is 0 Å². The van der Waals surface area contributed by atoms with Crippen LogP contribution in [0.4, 0.5) is 8.78 Å². The second-order valence-electron chi connectivity index (χ2n) is 23.9. The van der Waals surface area contributed by atoms with Gasteiger partial charge in [-0.2, -0.15) is 15.6 Å². The Morgan fingerprint density at radius 1 is 0.388 bits per heavy atom. The smallest absolute Gasteiger partial charge is 0.339 e. The van der Waals surface area contributed by atoms with Gasteiger partial charge in [0.2, 0.25) is 17.5 Å². The molecule has 19 heteroatoms. The van der Waals surface area contributed by atoms with Gasteiger partial charge in [-0.05, 0) is 157 Å². The van der Waals surface area contributed by atoms with E-state index in [9.17, 15) is 18.7 Å². The van der Waals surface area contributed by atoms with E-state index in [-0.39, 0.29) is 23.7 Å². The Morgan fingerprint density at radius 2 is 0.745 bits per heavy atom. The van der Waals surface area contributed by atoms with Gasteiger partial charge in [0.1, 0.15) is 11.6 Å². The average Bonchev–Trinajstić information content (AvgIpc) is 1.53. The minimum absolute atomic E-state index is 0.130. The third kappa shape index (κ3) is 9.74. The summed E-state index contributed by atoms with van der Waals surface area (Å²) >= 11 is 0. The number of hydrogen-bond acceptors (Lipinski definition) is 10. The number of aromatic nitrogens is 15. The van der Waals surface area contributed by atoms with Crippen molar-refractivity contribution in [3.05, 3.63) is 330 Å². The number of carboxylic acid groups (broad SMARTS) is 1. The van der Waals surface area contributed by atoms with Crippen LogP contribution in [0.15, 0.2) is 285 Å². The van der Waals surface area contributed by atoms with Crippen LogP contribution < -0.4 is 0 Å². The summed E-state index contributed by atoms with van der Waals surface area (Å²) in [6, 6.07) is 91.9. The molecule has 17 nitrogen and oxygen atoms in total. The molecule has 0 unspecified atom stereocenters. The lowest BCUT2D eigenvalue weighted by Gasteiger charge is -2.34. The molecule has 0 saturated carbocycles. The molecule has 12 aromatic carbocycles. The minimum Gasteiger partial charge on any atom is -0.479 e. The summed E-state index contributed by atoms with van der Waals surface area (Å²) in [6.45, 7) is 0. The molecule has 0 amide bonds. The number of carbonyl (C=O) groups is 1. The summed E-state index contributed by atoms with van der Waals surface area (Å²) in [5, 5.41) is 60.7. The average molecular weight is 1280 g/mol. The molecule has 18 aromatic rings. The molecule has 6 aromatic heterocycles. The van der Waals surface area contributed by atoms with Crippen molar-refractivity contribution in [1.82, 2.24) is 75.6 Å². The zero-order valence-electron chi connectivity index (χ0n) is 51.8. The lowest BCUT2D eigenvalue weighted by atomic mass is 9.82. The van der Waals surface area contributed by atoms with Gasteiger partial charge in [0.25, 0.3) is 0 Å². The Balaban J connectivity index is 0.000000111. The first-order chi connectivity index (χ1) is 48.3. The molecular weight excluding hydrogens is 1230 g/mol. The zero-order valence-corrected chi connectivity index (χ0v) is 51.8. The molecule has 4 N–H and O–H groups in total. The fourth-order valence-electron chi connectivity index (χ4n) is 14.5. The number of rotatable bonds is 11. The summed E-state index contributed by atoms with van der Waals surface area (Å²) in [6.07, 6.45) is 0. The summed E-state index contributed by atoms with van der Waals surface area (Å²) < 4.78 is 34.1. The Labute approximate surface area is 555 Å². The molecule has 1 aliphatic rings. The van der Waals surface area contributed by atoms with Crippen LogP contribution in [0.25, 0.3) is 111 Å². The van der Waals surface area contributed by atoms with Crippen LogP contribution in [0, 0.1) is 11.6 Å². The van der Waals surface area contributed by atoms with E-state index in [1.165, 1.54) is 68.3 Å². The Morgan fingerprint density at radius 3 is 1.22 bits per heavy atom. The molecule has 0 spiro atoms. The quantitative estimate of drug-likeness (QED) is 0.0955. The van der Waals surface area contributed by atoms with Crippen molar-refractivity contribution in [2.75, 3.05) is 0 Å². The third-order valence-corrected chi connectivity index (χ3v) is 18.6. The number of H-pyrrole nitrogens is 3. The molecule has 1 aliphatic carbocycles. The van der Waals surface area contributed by atoms with Gasteiger partial charge in [0.15, 0.2) is 5.54 Å². The lowest BCUT2D eigenvalue weighted by Crippen LogP contribution is -2.44. The predicted molar refractivity (Wildman–Crippen MR) is 374 cm³/mol. The molecule has 0 radical (unpaired) electrons. The summed E-state index contributed by atoms with van der Waals surface area (Å²) in [5.74, 6) is 0.0361. The predicted octanol–water partition coefficient (Wildman–Crippen LogP) is 16.3. The molecule has 0 bridgehead atoms. The maximum absolute atomic E-state index is 13.8. The highest BCUT2D eigenvalue weighted by Gasteiger charge is 2.46. The van der Waals surface area contributed by atoms with Crippen molar-refractivity contribution in [3.8, 4) is 45.3 Å². The largest absolute Gasteiger partial charge is 0.479 e. The highest BCUT2D eigenvalue weighted by atomic mass is 19.1. The van der Waals surface area contributed by atoms with Crippen molar-refractivity contribution in [3.63, 3.8) is 0 Å². The summed E-state index contributed by atoms with van der Waals surface area (Å²) in [5.41, 5.74) is 15.6.